The Labute approximate surface area is 219 Å². The number of ether oxygens (including phenoxy) is 4. The van der Waals surface area contributed by atoms with Crippen molar-refractivity contribution >= 4 is 11.5 Å². The van der Waals surface area contributed by atoms with E-state index < -0.39 is 0 Å². The van der Waals surface area contributed by atoms with Gasteiger partial charge in [-0.15, -0.1) is 0 Å². The highest BCUT2D eigenvalue weighted by Gasteiger charge is 2.40. The fourth-order valence-electron chi connectivity index (χ4n) is 5.22. The Morgan fingerprint density at radius 1 is 1.05 bits per heavy atom. The minimum absolute atomic E-state index is 0.00976. The molecule has 37 heavy (non-hydrogen) atoms. The molecule has 2 atom stereocenters. The standard InChI is InChI=1S/C28H39N5O4/c1-19-15-32(16-20(2)33(19)10-11-36-17-26(34-4)35-5)25-13-24(30-18-31-25)27-23-12-22(37-28(3)8-9-28)7-6-21(23)14-29-27/h6-7,12-13,18-20,26H,8-11,14-17H2,1-5H3/t19-,20+. The molecule has 3 heterocycles. The molecule has 9 nitrogen and oxygen atoms in total. The Balaban J connectivity index is 1.23. The molecule has 200 valence electrons. The Kier molecular flexibility index (Phi) is 7.76. The van der Waals surface area contributed by atoms with Gasteiger partial charge < -0.3 is 23.8 Å². The predicted molar refractivity (Wildman–Crippen MR) is 143 cm³/mol. The number of benzene rings is 1. The van der Waals surface area contributed by atoms with E-state index in [1.165, 1.54) is 5.56 Å². The van der Waals surface area contributed by atoms with Crippen LogP contribution in [0.2, 0.25) is 0 Å². The summed E-state index contributed by atoms with van der Waals surface area (Å²) in [6, 6.07) is 9.12. The van der Waals surface area contributed by atoms with E-state index in [2.05, 4.69) is 64.8 Å². The quantitative estimate of drug-likeness (QED) is 0.337. The van der Waals surface area contributed by atoms with Gasteiger partial charge in [-0.05, 0) is 51.3 Å². The normalized spacial score (nSPS) is 22.8. The maximum Gasteiger partial charge on any atom is 0.180 e. The van der Waals surface area contributed by atoms with Gasteiger partial charge in [-0.1, -0.05) is 6.07 Å². The molecule has 5 rings (SSSR count). The molecule has 1 aliphatic carbocycles. The van der Waals surface area contributed by atoms with Crippen molar-refractivity contribution < 1.29 is 18.9 Å². The smallest absolute Gasteiger partial charge is 0.180 e. The van der Waals surface area contributed by atoms with Crippen molar-refractivity contribution in [2.24, 2.45) is 4.99 Å². The van der Waals surface area contributed by atoms with Crippen LogP contribution in [0.3, 0.4) is 0 Å². The third-order valence-electron chi connectivity index (χ3n) is 7.66. The molecule has 1 saturated carbocycles. The number of piperazine rings is 1. The topological polar surface area (TPSA) is 81.5 Å². The third kappa shape index (κ3) is 5.95. The van der Waals surface area contributed by atoms with E-state index in [1.807, 2.05) is 0 Å². The number of aromatic nitrogens is 2. The number of fused-ring (bicyclic) bond motifs is 1. The zero-order valence-corrected chi connectivity index (χ0v) is 22.6. The number of aliphatic imine (C=N–C) groups is 1. The first-order valence-corrected chi connectivity index (χ1v) is 13.2. The summed E-state index contributed by atoms with van der Waals surface area (Å²) in [6.45, 7) is 11.1. The average molecular weight is 510 g/mol. The maximum absolute atomic E-state index is 6.21. The lowest BCUT2D eigenvalue weighted by molar-refractivity contribution is -0.141. The van der Waals surface area contributed by atoms with Crippen molar-refractivity contribution in [3.8, 4) is 5.75 Å². The fourth-order valence-corrected chi connectivity index (χ4v) is 5.22. The Morgan fingerprint density at radius 2 is 1.81 bits per heavy atom. The van der Waals surface area contributed by atoms with E-state index in [-0.39, 0.29) is 11.9 Å². The molecular weight excluding hydrogens is 470 g/mol. The number of nitrogens with zero attached hydrogens (tertiary/aromatic N) is 5. The number of hydrogen-bond acceptors (Lipinski definition) is 9. The molecule has 9 heteroatoms. The summed E-state index contributed by atoms with van der Waals surface area (Å²) in [4.78, 5) is 18.9. The zero-order valence-electron chi connectivity index (χ0n) is 22.6. The first kappa shape index (κ1) is 26.0. The van der Waals surface area contributed by atoms with Crippen LogP contribution in [0, 0.1) is 0 Å². The van der Waals surface area contributed by atoms with Gasteiger partial charge in [-0.3, -0.25) is 9.89 Å². The fraction of sp³-hybridized carbons (Fsp3) is 0.607. The molecule has 0 unspecified atom stereocenters. The largest absolute Gasteiger partial charge is 0.488 e. The number of rotatable bonds is 11. The van der Waals surface area contributed by atoms with Gasteiger partial charge in [0.1, 0.15) is 23.5 Å². The molecule has 1 saturated heterocycles. The van der Waals surface area contributed by atoms with Gasteiger partial charge in [-0.25, -0.2) is 9.97 Å². The zero-order chi connectivity index (χ0) is 26.0. The predicted octanol–water partition coefficient (Wildman–Crippen LogP) is 3.29. The summed E-state index contributed by atoms with van der Waals surface area (Å²) in [5.74, 6) is 1.85. The molecule has 0 amide bonds. The van der Waals surface area contributed by atoms with Crippen molar-refractivity contribution in [2.45, 2.75) is 64.1 Å². The van der Waals surface area contributed by atoms with Crippen molar-refractivity contribution in [3.63, 3.8) is 0 Å². The molecule has 0 N–H and O–H groups in total. The van der Waals surface area contributed by atoms with E-state index in [9.17, 15) is 0 Å². The summed E-state index contributed by atoms with van der Waals surface area (Å²) in [7, 11) is 3.25. The lowest BCUT2D eigenvalue weighted by Crippen LogP contribution is -2.57. The van der Waals surface area contributed by atoms with Gasteiger partial charge in [0.2, 0.25) is 0 Å². The van der Waals surface area contributed by atoms with Gasteiger partial charge in [0.25, 0.3) is 0 Å². The van der Waals surface area contributed by atoms with Crippen molar-refractivity contribution in [2.75, 3.05) is 52.0 Å². The molecule has 2 fully saturated rings. The monoisotopic (exact) mass is 509 g/mol. The van der Waals surface area contributed by atoms with Crippen LogP contribution in [0.1, 0.15) is 50.4 Å². The average Bonchev–Trinajstić information content (AvgIpc) is 3.47. The number of anilines is 1. The van der Waals surface area contributed by atoms with Gasteiger partial charge >= 0.3 is 0 Å². The molecular formula is C28H39N5O4. The van der Waals surface area contributed by atoms with Gasteiger partial charge in [0.15, 0.2) is 6.29 Å². The first-order chi connectivity index (χ1) is 17.9. The second kappa shape index (κ2) is 11.0. The van der Waals surface area contributed by atoms with Crippen molar-refractivity contribution in [3.05, 3.63) is 47.4 Å². The van der Waals surface area contributed by atoms with Crippen molar-refractivity contribution in [1.29, 1.82) is 0 Å². The van der Waals surface area contributed by atoms with Crippen LogP contribution < -0.4 is 9.64 Å². The summed E-state index contributed by atoms with van der Waals surface area (Å²) < 4.78 is 22.4. The molecule has 2 aromatic rings. The summed E-state index contributed by atoms with van der Waals surface area (Å²) in [6.07, 6.45) is 3.56. The van der Waals surface area contributed by atoms with Crippen LogP contribution in [0.25, 0.3) is 0 Å². The molecule has 1 aromatic heterocycles. The first-order valence-electron chi connectivity index (χ1n) is 13.2. The molecule has 0 radical (unpaired) electrons. The van der Waals surface area contributed by atoms with Crippen LogP contribution in [-0.2, 0) is 20.8 Å². The van der Waals surface area contributed by atoms with Crippen molar-refractivity contribution in [1.82, 2.24) is 14.9 Å². The van der Waals surface area contributed by atoms with Crippen LogP contribution in [0.5, 0.6) is 5.75 Å². The SMILES string of the molecule is COC(COCCN1[C@H](C)CN(c2cc(C3=NCc4ccc(OC5(C)CC5)cc43)ncn2)C[C@@H]1C)OC. The summed E-state index contributed by atoms with van der Waals surface area (Å²) >= 11 is 0. The Hall–Kier alpha value is -2.59. The molecule has 3 aliphatic rings. The highest BCUT2D eigenvalue weighted by molar-refractivity contribution is 6.14. The minimum atomic E-state index is -0.323. The second-order valence-corrected chi connectivity index (χ2v) is 10.6. The third-order valence-corrected chi connectivity index (χ3v) is 7.66. The van der Waals surface area contributed by atoms with E-state index in [0.29, 0.717) is 31.8 Å². The molecule has 0 bridgehead atoms. The Morgan fingerprint density at radius 3 is 2.51 bits per heavy atom. The van der Waals surface area contributed by atoms with Gasteiger partial charge in [0, 0.05) is 57.6 Å². The minimum Gasteiger partial charge on any atom is -0.488 e. The second-order valence-electron chi connectivity index (χ2n) is 10.6. The summed E-state index contributed by atoms with van der Waals surface area (Å²) in [5.41, 5.74) is 4.10. The van der Waals surface area contributed by atoms with E-state index in [1.54, 1.807) is 20.5 Å². The van der Waals surface area contributed by atoms with Crippen LogP contribution in [-0.4, -0.2) is 91.6 Å². The van der Waals surface area contributed by atoms with Crippen LogP contribution in [0.15, 0.2) is 35.6 Å². The molecule has 2 aliphatic heterocycles. The maximum atomic E-state index is 6.21. The molecule has 0 spiro atoms. The highest BCUT2D eigenvalue weighted by Crippen LogP contribution is 2.40. The lowest BCUT2D eigenvalue weighted by atomic mass is 10.0. The van der Waals surface area contributed by atoms with Gasteiger partial charge in [-0.2, -0.15) is 0 Å². The van der Waals surface area contributed by atoms with E-state index in [4.69, 9.17) is 23.9 Å². The van der Waals surface area contributed by atoms with Crippen LogP contribution in [0.4, 0.5) is 5.82 Å². The van der Waals surface area contributed by atoms with E-state index >= 15 is 0 Å². The highest BCUT2D eigenvalue weighted by atomic mass is 16.7. The Bertz CT molecular complexity index is 1110. The lowest BCUT2D eigenvalue weighted by Gasteiger charge is -2.45. The summed E-state index contributed by atoms with van der Waals surface area (Å²) in [5, 5.41) is 0. The van der Waals surface area contributed by atoms with E-state index in [0.717, 1.165) is 61.0 Å². The van der Waals surface area contributed by atoms with Gasteiger partial charge in [0.05, 0.1) is 31.2 Å². The number of hydrogen-bond donors (Lipinski definition) is 0. The molecule has 1 aromatic carbocycles. The number of methoxy groups -OCH3 is 2. The van der Waals surface area contributed by atoms with Crippen LogP contribution >= 0.6 is 0 Å².